The second kappa shape index (κ2) is 11.8. The summed E-state index contributed by atoms with van der Waals surface area (Å²) in [6, 6.07) is 17.1. The summed E-state index contributed by atoms with van der Waals surface area (Å²) in [5, 5.41) is 0. The maximum atomic E-state index is 4.82. The molecule has 0 aliphatic carbocycles. The van der Waals surface area contributed by atoms with Gasteiger partial charge in [-0.3, -0.25) is 9.98 Å². The van der Waals surface area contributed by atoms with E-state index in [1.807, 2.05) is 0 Å². The topological polar surface area (TPSA) is 24.7 Å². The zero-order valence-corrected chi connectivity index (χ0v) is 21.5. The van der Waals surface area contributed by atoms with Crippen LogP contribution in [0.5, 0.6) is 0 Å². The molecule has 6 heteroatoms. The van der Waals surface area contributed by atoms with Crippen LogP contribution in [0, 0.1) is 27.7 Å². The predicted molar refractivity (Wildman–Crippen MR) is 132 cm³/mol. The normalized spacial score (nSPS) is 12.0. The van der Waals surface area contributed by atoms with Crippen molar-refractivity contribution in [2.24, 2.45) is 9.98 Å². The number of rotatable bonds is 4. The van der Waals surface area contributed by atoms with Gasteiger partial charge in [0.2, 0.25) is 0 Å². The zero-order chi connectivity index (χ0) is 22.3. The molecule has 1 aromatic heterocycles. The van der Waals surface area contributed by atoms with E-state index in [2.05, 4.69) is 90.1 Å². The molecule has 0 aliphatic heterocycles. The van der Waals surface area contributed by atoms with E-state index in [-0.39, 0.29) is 13.1 Å². The van der Waals surface area contributed by atoms with Gasteiger partial charge in [0.1, 0.15) is 0 Å². The van der Waals surface area contributed by atoms with E-state index in [0.717, 1.165) is 22.8 Å². The van der Waals surface area contributed by atoms with Crippen LogP contribution in [0.15, 0.2) is 58.5 Å². The molecule has 2 nitrogen and oxygen atoms in total. The summed E-state index contributed by atoms with van der Waals surface area (Å²) in [5.41, 5.74) is 9.07. The van der Waals surface area contributed by atoms with E-state index >= 15 is 0 Å². The second-order valence-electron chi connectivity index (χ2n) is 7.30. The first-order chi connectivity index (χ1) is 14.2. The molecule has 0 bridgehead atoms. The van der Waals surface area contributed by atoms with Crippen molar-refractivity contribution in [1.29, 1.82) is 0 Å². The van der Waals surface area contributed by atoms with Crippen molar-refractivity contribution >= 4 is 54.3 Å². The number of hydrogen-bond acceptors (Lipinski definition) is 3. The van der Waals surface area contributed by atoms with Gasteiger partial charge in [0, 0.05) is 9.75 Å². The summed E-state index contributed by atoms with van der Waals surface area (Å²) in [6.07, 6.45) is 0. The molecule has 3 rings (SSSR count). The molecule has 0 aliphatic rings. The minimum atomic E-state index is 0.194. The van der Waals surface area contributed by atoms with Gasteiger partial charge in [-0.2, -0.15) is 0 Å². The number of halogens is 2. The summed E-state index contributed by atoms with van der Waals surface area (Å²) in [4.78, 5) is 12.0. The first-order valence-corrected chi connectivity index (χ1v) is 13.3. The van der Waals surface area contributed by atoms with Crippen LogP contribution in [0.3, 0.4) is 0 Å². The van der Waals surface area contributed by atoms with Gasteiger partial charge in [-0.05, 0) is 100 Å². The molecule has 0 saturated carbocycles. The van der Waals surface area contributed by atoms with E-state index < -0.39 is 0 Å². The molecule has 0 unspecified atom stereocenters. The number of thiophene rings is 1. The first kappa shape index (κ1) is 24.8. The van der Waals surface area contributed by atoms with E-state index in [9.17, 15) is 0 Å². The van der Waals surface area contributed by atoms with Crippen molar-refractivity contribution in [2.75, 3.05) is 0 Å². The van der Waals surface area contributed by atoms with Crippen LogP contribution in [0.4, 0.5) is 11.4 Å². The molecular weight excluding hydrogens is 475 g/mol. The van der Waals surface area contributed by atoms with Crippen molar-refractivity contribution in [3.63, 3.8) is 0 Å². The number of hydrogen-bond donors (Lipinski definition) is 0. The summed E-state index contributed by atoms with van der Waals surface area (Å²) >= 11 is 1.94. The molecule has 0 radical (unpaired) electrons. The molecule has 0 spiro atoms. The Kier molecular flexibility index (Phi) is 9.80. The van der Waals surface area contributed by atoms with Crippen molar-refractivity contribution in [1.82, 2.24) is 0 Å². The van der Waals surface area contributed by atoms with Crippen LogP contribution < -0.4 is 0 Å². The Hall–Kier alpha value is -1.42. The number of benzene rings is 2. The third kappa shape index (κ3) is 7.68. The van der Waals surface area contributed by atoms with Crippen molar-refractivity contribution in [3.05, 3.63) is 80.5 Å². The zero-order valence-electron chi connectivity index (χ0n) is 18.0. The van der Waals surface area contributed by atoms with Gasteiger partial charge in [0.05, 0.1) is 22.8 Å². The fourth-order valence-electron chi connectivity index (χ4n) is 3.25. The standard InChI is InChI=1S/C24H26N2S.2ClH.Fe/c1-15-9-16(2)12-21(11-15)25-19(5)23-7-8-24(27-23)20(6)26-22-13-17(3)10-18(4)14-22;;;/h7-14H,1-6H3;2*1H;/q;;;+2/p-2. The van der Waals surface area contributed by atoms with Crippen molar-refractivity contribution in [3.8, 4) is 0 Å². The van der Waals surface area contributed by atoms with E-state index in [1.54, 1.807) is 11.3 Å². The summed E-state index contributed by atoms with van der Waals surface area (Å²) in [7, 11) is 9.53. The molecule has 1 heterocycles. The fraction of sp³-hybridized carbons (Fsp3) is 0.250. The minimum absolute atomic E-state index is 0.194. The van der Waals surface area contributed by atoms with Gasteiger partial charge in [-0.1, -0.05) is 12.1 Å². The van der Waals surface area contributed by atoms with Gasteiger partial charge in [-0.25, -0.2) is 0 Å². The van der Waals surface area contributed by atoms with Gasteiger partial charge in [-0.15, -0.1) is 11.3 Å². The van der Waals surface area contributed by atoms with Gasteiger partial charge >= 0.3 is 33.3 Å². The monoisotopic (exact) mass is 500 g/mol. The van der Waals surface area contributed by atoms with Crippen LogP contribution in [0.2, 0.25) is 0 Å². The maximum absolute atomic E-state index is 4.82. The molecule has 30 heavy (non-hydrogen) atoms. The Bertz CT molecular complexity index is 948. The molecule has 0 saturated heterocycles. The SMILES string of the molecule is CC(=Nc1cc(C)cc(C)c1)c1ccc(C(C)=Nc2cc(C)cc(C)c2)s1.[Cl][Fe][Cl]. The van der Waals surface area contributed by atoms with Gasteiger partial charge in [0.15, 0.2) is 0 Å². The number of aliphatic imine (C=N–C) groups is 2. The Morgan fingerprint density at radius 1 is 0.667 bits per heavy atom. The molecule has 3 aromatic rings. The fourth-order valence-corrected chi connectivity index (χ4v) is 4.15. The second-order valence-corrected chi connectivity index (χ2v) is 10.2. The van der Waals surface area contributed by atoms with Gasteiger partial charge < -0.3 is 0 Å². The molecular formula is C24H26Cl2FeN2S. The van der Waals surface area contributed by atoms with Crippen LogP contribution in [-0.2, 0) is 13.1 Å². The number of nitrogens with zero attached hydrogens (tertiary/aromatic N) is 2. The Labute approximate surface area is 198 Å². The molecule has 0 atom stereocenters. The summed E-state index contributed by atoms with van der Waals surface area (Å²) in [6.45, 7) is 12.6. The third-order valence-electron chi connectivity index (χ3n) is 4.33. The third-order valence-corrected chi connectivity index (χ3v) is 5.63. The Balaban J connectivity index is 0.00000101. The van der Waals surface area contributed by atoms with Gasteiger partial charge in [0.25, 0.3) is 0 Å². The van der Waals surface area contributed by atoms with Crippen molar-refractivity contribution in [2.45, 2.75) is 41.5 Å². The van der Waals surface area contributed by atoms with Crippen LogP contribution in [0.25, 0.3) is 0 Å². The first-order valence-electron chi connectivity index (χ1n) is 9.44. The Morgan fingerprint density at radius 2 is 0.967 bits per heavy atom. The van der Waals surface area contributed by atoms with Crippen LogP contribution in [-0.4, -0.2) is 11.4 Å². The van der Waals surface area contributed by atoms with Crippen LogP contribution >= 0.6 is 31.5 Å². The summed E-state index contributed by atoms with van der Waals surface area (Å²) < 4.78 is 0. The molecule has 0 fully saturated rings. The molecule has 160 valence electrons. The van der Waals surface area contributed by atoms with Crippen molar-refractivity contribution < 1.29 is 13.1 Å². The number of aryl methyl sites for hydroxylation is 4. The molecule has 0 N–H and O–H groups in total. The molecule has 0 amide bonds. The average molecular weight is 501 g/mol. The summed E-state index contributed by atoms with van der Waals surface area (Å²) in [5.74, 6) is 0. The van der Waals surface area contributed by atoms with E-state index in [1.165, 1.54) is 32.0 Å². The Morgan fingerprint density at radius 3 is 1.27 bits per heavy atom. The van der Waals surface area contributed by atoms with E-state index in [0.29, 0.717) is 0 Å². The molecule has 2 aromatic carbocycles. The van der Waals surface area contributed by atoms with E-state index in [4.69, 9.17) is 30.2 Å². The average Bonchev–Trinajstić information content (AvgIpc) is 3.11. The predicted octanol–water partition coefficient (Wildman–Crippen LogP) is 8.64. The quantitative estimate of drug-likeness (QED) is 0.253. The van der Waals surface area contributed by atoms with Crippen LogP contribution in [0.1, 0.15) is 45.9 Å².